The molecule has 0 aliphatic heterocycles. The van der Waals surface area contributed by atoms with Gasteiger partial charge in [-0.05, 0) is 23.6 Å². The number of nitrogens with one attached hydrogen (secondary N) is 1. The zero-order chi connectivity index (χ0) is 17.6. The predicted octanol–water partition coefficient (Wildman–Crippen LogP) is 5.91. The van der Waals surface area contributed by atoms with Gasteiger partial charge in [0.05, 0.1) is 5.69 Å². The summed E-state index contributed by atoms with van der Waals surface area (Å²) in [5.74, 6) is 0.506. The molecule has 0 unspecified atom stereocenters. The van der Waals surface area contributed by atoms with E-state index in [1.165, 1.54) is 16.9 Å². The van der Waals surface area contributed by atoms with Gasteiger partial charge in [0.1, 0.15) is 16.6 Å². The van der Waals surface area contributed by atoms with E-state index in [2.05, 4.69) is 42.4 Å². The lowest BCUT2D eigenvalue weighted by molar-refractivity contribution is 0.867. The maximum Gasteiger partial charge on any atom is 0.136 e. The number of anilines is 1. The van der Waals surface area contributed by atoms with E-state index in [1.54, 1.807) is 6.20 Å². The quantitative estimate of drug-likeness (QED) is 0.585. The van der Waals surface area contributed by atoms with Crippen LogP contribution in [0, 0.1) is 11.3 Å². The van der Waals surface area contributed by atoms with E-state index in [4.69, 9.17) is 0 Å². The molecule has 3 aromatic rings. The minimum atomic E-state index is 0.506. The fourth-order valence-electron chi connectivity index (χ4n) is 2.40. The van der Waals surface area contributed by atoms with Crippen molar-refractivity contribution in [3.05, 3.63) is 76.7 Å². The Kier molecular flexibility index (Phi) is 5.27. The van der Waals surface area contributed by atoms with Gasteiger partial charge in [-0.25, -0.2) is 4.98 Å². The lowest BCUT2D eigenvalue weighted by Crippen LogP contribution is -1.92. The minimum Gasteiger partial charge on any atom is -0.360 e. The Morgan fingerprint density at radius 3 is 2.48 bits per heavy atom. The van der Waals surface area contributed by atoms with Crippen LogP contribution in [0.25, 0.3) is 16.8 Å². The highest BCUT2D eigenvalue weighted by Crippen LogP contribution is 2.26. The largest absolute Gasteiger partial charge is 0.360 e. The van der Waals surface area contributed by atoms with Crippen LogP contribution >= 0.6 is 11.3 Å². The van der Waals surface area contributed by atoms with Gasteiger partial charge < -0.3 is 5.32 Å². The van der Waals surface area contributed by atoms with Gasteiger partial charge in [0.2, 0.25) is 0 Å². The van der Waals surface area contributed by atoms with Crippen molar-refractivity contribution in [3.8, 4) is 17.3 Å². The van der Waals surface area contributed by atoms with E-state index in [-0.39, 0.29) is 0 Å². The van der Waals surface area contributed by atoms with Gasteiger partial charge in [-0.3, -0.25) is 0 Å². The molecule has 3 nitrogen and oxygen atoms in total. The van der Waals surface area contributed by atoms with Crippen LogP contribution in [0.4, 0.5) is 5.69 Å². The Morgan fingerprint density at radius 1 is 1.12 bits per heavy atom. The van der Waals surface area contributed by atoms with Gasteiger partial charge in [-0.15, -0.1) is 11.3 Å². The van der Waals surface area contributed by atoms with Gasteiger partial charge in [0, 0.05) is 22.8 Å². The van der Waals surface area contributed by atoms with Crippen molar-refractivity contribution in [3.63, 3.8) is 0 Å². The number of thiazole rings is 1. The summed E-state index contributed by atoms with van der Waals surface area (Å²) in [6, 6.07) is 20.5. The molecule has 4 heteroatoms. The first-order valence-corrected chi connectivity index (χ1v) is 9.03. The summed E-state index contributed by atoms with van der Waals surface area (Å²) < 4.78 is 0. The van der Waals surface area contributed by atoms with E-state index in [0.29, 0.717) is 16.5 Å². The normalized spacial score (nSPS) is 11.4. The smallest absolute Gasteiger partial charge is 0.136 e. The Balaban J connectivity index is 1.77. The summed E-state index contributed by atoms with van der Waals surface area (Å²) in [6.45, 7) is 4.34. The Hall–Kier alpha value is -2.90. The topological polar surface area (TPSA) is 48.7 Å². The van der Waals surface area contributed by atoms with Crippen molar-refractivity contribution in [2.24, 2.45) is 0 Å². The summed E-state index contributed by atoms with van der Waals surface area (Å²) in [5.41, 5.74) is 4.72. The number of hydrogen-bond donors (Lipinski definition) is 1. The number of nitrogens with zero attached hydrogens (tertiary/aromatic N) is 2. The van der Waals surface area contributed by atoms with Gasteiger partial charge in [0.25, 0.3) is 0 Å². The van der Waals surface area contributed by atoms with Crippen molar-refractivity contribution < 1.29 is 0 Å². The molecule has 1 heterocycles. The fraction of sp³-hybridized carbons (Fsp3) is 0.143. The highest BCUT2D eigenvalue weighted by atomic mass is 32.1. The molecule has 0 fully saturated rings. The van der Waals surface area contributed by atoms with E-state index in [0.717, 1.165) is 16.9 Å². The second-order valence-corrected chi connectivity index (χ2v) is 6.85. The third-order valence-corrected chi connectivity index (χ3v) is 4.76. The monoisotopic (exact) mass is 345 g/mol. The summed E-state index contributed by atoms with van der Waals surface area (Å²) >= 11 is 1.48. The van der Waals surface area contributed by atoms with Gasteiger partial charge in [-0.1, -0.05) is 56.3 Å². The van der Waals surface area contributed by atoms with Gasteiger partial charge in [-0.2, -0.15) is 5.26 Å². The van der Waals surface area contributed by atoms with Gasteiger partial charge >= 0.3 is 0 Å². The number of rotatable bonds is 5. The van der Waals surface area contributed by atoms with Crippen LogP contribution in [0.3, 0.4) is 0 Å². The number of benzene rings is 2. The fourth-order valence-corrected chi connectivity index (χ4v) is 3.20. The van der Waals surface area contributed by atoms with Crippen molar-refractivity contribution in [2.45, 2.75) is 19.8 Å². The second-order valence-electron chi connectivity index (χ2n) is 5.99. The third kappa shape index (κ3) is 4.14. The lowest BCUT2D eigenvalue weighted by Gasteiger charge is -2.06. The zero-order valence-corrected chi connectivity index (χ0v) is 15.0. The number of aromatic nitrogens is 1. The molecule has 1 N–H and O–H groups in total. The average molecular weight is 345 g/mol. The molecule has 2 aromatic carbocycles. The van der Waals surface area contributed by atoms with E-state index in [9.17, 15) is 5.26 Å². The van der Waals surface area contributed by atoms with E-state index in [1.807, 2.05) is 47.8 Å². The van der Waals surface area contributed by atoms with Crippen LogP contribution in [-0.4, -0.2) is 4.98 Å². The van der Waals surface area contributed by atoms with Crippen LogP contribution in [0.2, 0.25) is 0 Å². The third-order valence-electron chi connectivity index (χ3n) is 3.89. The molecule has 0 radical (unpaired) electrons. The molecule has 0 amide bonds. The van der Waals surface area contributed by atoms with Crippen LogP contribution < -0.4 is 5.32 Å². The minimum absolute atomic E-state index is 0.506. The molecule has 0 bridgehead atoms. The van der Waals surface area contributed by atoms with Crippen LogP contribution in [0.5, 0.6) is 0 Å². The number of hydrogen-bond acceptors (Lipinski definition) is 4. The molecule has 3 rings (SSSR count). The van der Waals surface area contributed by atoms with Crippen molar-refractivity contribution in [1.82, 2.24) is 4.98 Å². The summed E-state index contributed by atoms with van der Waals surface area (Å²) in [7, 11) is 0. The summed E-state index contributed by atoms with van der Waals surface area (Å²) in [4.78, 5) is 4.59. The summed E-state index contributed by atoms with van der Waals surface area (Å²) in [6.07, 6.45) is 1.72. The first-order chi connectivity index (χ1) is 12.2. The van der Waals surface area contributed by atoms with Crippen LogP contribution in [0.1, 0.15) is 30.3 Å². The molecule has 0 saturated heterocycles. The molecule has 0 spiro atoms. The van der Waals surface area contributed by atoms with E-state index < -0.39 is 0 Å². The maximum atomic E-state index is 9.46. The molecule has 25 heavy (non-hydrogen) atoms. The van der Waals surface area contributed by atoms with Crippen molar-refractivity contribution in [2.75, 3.05) is 5.32 Å². The number of allylic oxidation sites excluding steroid dienone is 1. The standard InChI is InChI=1S/C21H19N3S/c1-15(2)16-8-10-19(11-9-16)23-13-18(12-22)21-24-20(14-25-21)17-6-4-3-5-7-17/h3-11,13-15,23H,1-2H3. The Morgan fingerprint density at radius 2 is 1.84 bits per heavy atom. The number of nitriles is 1. The van der Waals surface area contributed by atoms with Crippen molar-refractivity contribution in [1.29, 1.82) is 5.26 Å². The molecule has 0 aliphatic carbocycles. The molecule has 0 atom stereocenters. The van der Waals surface area contributed by atoms with Crippen LogP contribution in [0.15, 0.2) is 66.2 Å². The Labute approximate surface area is 152 Å². The highest BCUT2D eigenvalue weighted by Gasteiger charge is 2.08. The average Bonchev–Trinajstić information content (AvgIpc) is 3.13. The molecular weight excluding hydrogens is 326 g/mol. The first-order valence-electron chi connectivity index (χ1n) is 8.15. The second kappa shape index (κ2) is 7.78. The van der Waals surface area contributed by atoms with Gasteiger partial charge in [0.15, 0.2) is 0 Å². The SMILES string of the molecule is CC(C)c1ccc(NC=C(C#N)c2nc(-c3ccccc3)cs2)cc1. The molecule has 0 saturated carbocycles. The van der Waals surface area contributed by atoms with E-state index >= 15 is 0 Å². The molecule has 1 aromatic heterocycles. The molecular formula is C21H19N3S. The lowest BCUT2D eigenvalue weighted by atomic mass is 10.0. The van der Waals surface area contributed by atoms with Crippen LogP contribution in [-0.2, 0) is 0 Å². The molecule has 0 aliphatic rings. The molecule has 124 valence electrons. The predicted molar refractivity (Wildman–Crippen MR) is 105 cm³/mol. The maximum absolute atomic E-state index is 9.46. The highest BCUT2D eigenvalue weighted by molar-refractivity contribution is 7.11. The summed E-state index contributed by atoms with van der Waals surface area (Å²) in [5, 5.41) is 15.3. The zero-order valence-electron chi connectivity index (χ0n) is 14.2. The Bertz CT molecular complexity index is 900. The first kappa shape index (κ1) is 16.9. The van der Waals surface area contributed by atoms with Crippen molar-refractivity contribution >= 4 is 22.6 Å².